The quantitative estimate of drug-likeness (QED) is 0.617. The number of rotatable bonds is 8. The second kappa shape index (κ2) is 9.69. The van der Waals surface area contributed by atoms with E-state index in [2.05, 4.69) is 13.8 Å². The minimum Gasteiger partial charge on any atom is -0.465 e. The van der Waals surface area contributed by atoms with Gasteiger partial charge in [0.15, 0.2) is 0 Å². The summed E-state index contributed by atoms with van der Waals surface area (Å²) in [6.07, 6.45) is 4.69. The molecule has 1 atom stereocenters. The molecule has 0 bridgehead atoms. The highest BCUT2D eigenvalue weighted by Gasteiger charge is 2.34. The molecule has 5 heteroatoms. The van der Waals surface area contributed by atoms with E-state index >= 15 is 0 Å². The summed E-state index contributed by atoms with van der Waals surface area (Å²) in [7, 11) is 1.39. The van der Waals surface area contributed by atoms with Crippen molar-refractivity contribution in [2.75, 3.05) is 7.11 Å². The average Bonchev–Trinajstić information content (AvgIpc) is 2.73. The van der Waals surface area contributed by atoms with E-state index < -0.39 is 0 Å². The first-order chi connectivity index (χ1) is 14.1. The smallest absolute Gasteiger partial charge is 0.337 e. The second-order valence-corrected chi connectivity index (χ2v) is 9.08. The molecule has 1 unspecified atom stereocenters. The predicted octanol–water partition coefficient (Wildman–Crippen LogP) is 5.02. The minimum absolute atomic E-state index is 0.134. The molecule has 0 amide bonds. The van der Waals surface area contributed by atoms with Crippen LogP contribution in [0.15, 0.2) is 30.5 Å². The summed E-state index contributed by atoms with van der Waals surface area (Å²) in [5.74, 6) is 0.463. The second-order valence-electron chi connectivity index (χ2n) is 9.08. The van der Waals surface area contributed by atoms with Gasteiger partial charge in [-0.3, -0.25) is 0 Å². The molecule has 164 valence electrons. The standard InChI is InChI=1S/C25H36N2O3/c1-8-25(9-2,20-13-10-18(11-14-20)22(29)30-7)23-26-16-19(17(3)27-23)12-15-21(28)24(4,5)6/h10-11,13-14,16,21,28H,8-9,12,15H2,1-7H3. The maximum atomic E-state index is 11.8. The Morgan fingerprint density at radius 1 is 1.13 bits per heavy atom. The number of benzene rings is 1. The van der Waals surface area contributed by atoms with E-state index in [1.807, 2.05) is 46.0 Å². The Bertz CT molecular complexity index is 850. The normalized spacial score (nSPS) is 13.2. The Morgan fingerprint density at radius 2 is 1.73 bits per heavy atom. The molecule has 0 radical (unpaired) electrons. The number of hydrogen-bond acceptors (Lipinski definition) is 5. The third-order valence-electron chi connectivity index (χ3n) is 6.26. The number of ether oxygens (including phenoxy) is 1. The number of hydrogen-bond donors (Lipinski definition) is 1. The lowest BCUT2D eigenvalue weighted by Gasteiger charge is -2.31. The van der Waals surface area contributed by atoms with Crippen LogP contribution in [0.4, 0.5) is 0 Å². The number of nitrogens with zero attached hydrogens (tertiary/aromatic N) is 2. The van der Waals surface area contributed by atoms with Crippen LogP contribution in [0, 0.1) is 12.3 Å². The molecule has 0 spiro atoms. The highest BCUT2D eigenvalue weighted by atomic mass is 16.5. The lowest BCUT2D eigenvalue weighted by Crippen LogP contribution is -2.29. The summed E-state index contributed by atoms with van der Waals surface area (Å²) in [4.78, 5) is 21.4. The first kappa shape index (κ1) is 24.0. The Balaban J connectivity index is 2.33. The molecule has 5 nitrogen and oxygen atoms in total. The van der Waals surface area contributed by atoms with Crippen molar-refractivity contribution in [1.29, 1.82) is 0 Å². The zero-order valence-corrected chi connectivity index (χ0v) is 19.5. The van der Waals surface area contributed by atoms with Crippen LogP contribution in [0.3, 0.4) is 0 Å². The molecule has 2 rings (SSSR count). The van der Waals surface area contributed by atoms with Crippen molar-refractivity contribution in [3.8, 4) is 0 Å². The molecule has 2 aromatic rings. The van der Waals surface area contributed by atoms with E-state index in [-0.39, 0.29) is 22.9 Å². The van der Waals surface area contributed by atoms with Crippen LogP contribution in [0.2, 0.25) is 0 Å². The van der Waals surface area contributed by atoms with Gasteiger partial charge in [-0.15, -0.1) is 0 Å². The SMILES string of the molecule is CCC(CC)(c1ccc(C(=O)OC)cc1)c1ncc(CCC(O)C(C)(C)C)c(C)n1. The van der Waals surface area contributed by atoms with Gasteiger partial charge in [-0.25, -0.2) is 14.8 Å². The molecule has 0 saturated heterocycles. The van der Waals surface area contributed by atoms with Crippen molar-refractivity contribution in [3.05, 3.63) is 58.7 Å². The van der Waals surface area contributed by atoms with Crippen LogP contribution in [0.1, 0.15) is 86.9 Å². The molecule has 0 fully saturated rings. The summed E-state index contributed by atoms with van der Waals surface area (Å²) in [5.41, 5.74) is 3.21. The van der Waals surface area contributed by atoms with Gasteiger partial charge in [0.2, 0.25) is 0 Å². The van der Waals surface area contributed by atoms with Gasteiger partial charge in [0.05, 0.1) is 24.2 Å². The van der Waals surface area contributed by atoms with E-state index in [1.54, 1.807) is 12.1 Å². The monoisotopic (exact) mass is 412 g/mol. The van der Waals surface area contributed by atoms with Gasteiger partial charge in [0.25, 0.3) is 0 Å². The fourth-order valence-corrected chi connectivity index (χ4v) is 3.84. The first-order valence-electron chi connectivity index (χ1n) is 10.8. The molecule has 0 aliphatic rings. The molecule has 0 aliphatic carbocycles. The third-order valence-corrected chi connectivity index (χ3v) is 6.26. The van der Waals surface area contributed by atoms with Crippen molar-refractivity contribution < 1.29 is 14.6 Å². The van der Waals surface area contributed by atoms with Gasteiger partial charge in [-0.05, 0) is 61.3 Å². The van der Waals surface area contributed by atoms with Crippen molar-refractivity contribution >= 4 is 5.97 Å². The molecule has 30 heavy (non-hydrogen) atoms. The first-order valence-corrected chi connectivity index (χ1v) is 10.8. The van der Waals surface area contributed by atoms with E-state index in [0.717, 1.165) is 41.9 Å². The molecule has 1 N–H and O–H groups in total. The van der Waals surface area contributed by atoms with Crippen molar-refractivity contribution in [2.45, 2.75) is 78.7 Å². The van der Waals surface area contributed by atoms with Gasteiger partial charge in [0, 0.05) is 11.9 Å². The van der Waals surface area contributed by atoms with Crippen LogP contribution in [0.5, 0.6) is 0 Å². The van der Waals surface area contributed by atoms with Crippen LogP contribution in [-0.4, -0.2) is 34.3 Å². The van der Waals surface area contributed by atoms with Crippen LogP contribution >= 0.6 is 0 Å². The number of aromatic nitrogens is 2. The van der Waals surface area contributed by atoms with Crippen LogP contribution in [0.25, 0.3) is 0 Å². The number of aliphatic hydroxyl groups excluding tert-OH is 1. The van der Waals surface area contributed by atoms with Gasteiger partial charge in [-0.2, -0.15) is 0 Å². The van der Waals surface area contributed by atoms with E-state index in [0.29, 0.717) is 12.0 Å². The minimum atomic E-state index is -0.365. The maximum Gasteiger partial charge on any atom is 0.337 e. The number of methoxy groups -OCH3 is 1. The van der Waals surface area contributed by atoms with Gasteiger partial charge in [-0.1, -0.05) is 46.8 Å². The maximum absolute atomic E-state index is 11.8. The summed E-state index contributed by atoms with van der Waals surface area (Å²) in [5, 5.41) is 10.4. The summed E-state index contributed by atoms with van der Waals surface area (Å²) in [6, 6.07) is 7.56. The molecular weight excluding hydrogens is 376 g/mol. The predicted molar refractivity (Wildman–Crippen MR) is 120 cm³/mol. The summed E-state index contributed by atoms with van der Waals surface area (Å²) in [6.45, 7) is 12.4. The molecule has 0 aliphatic heterocycles. The third kappa shape index (κ3) is 5.07. The number of aliphatic hydroxyl groups is 1. The fraction of sp³-hybridized carbons (Fsp3) is 0.560. The van der Waals surface area contributed by atoms with Crippen molar-refractivity contribution in [1.82, 2.24) is 9.97 Å². The topological polar surface area (TPSA) is 72.3 Å². The Hall–Kier alpha value is -2.27. The number of aryl methyl sites for hydroxylation is 2. The molecule has 0 saturated carbocycles. The number of carbonyl (C=O) groups is 1. The van der Waals surface area contributed by atoms with Crippen molar-refractivity contribution in [3.63, 3.8) is 0 Å². The van der Waals surface area contributed by atoms with Gasteiger partial charge < -0.3 is 9.84 Å². The Labute approximate surface area is 180 Å². The van der Waals surface area contributed by atoms with Crippen molar-refractivity contribution in [2.24, 2.45) is 5.41 Å². The molecular formula is C25H36N2O3. The highest BCUT2D eigenvalue weighted by Crippen LogP contribution is 2.37. The average molecular weight is 413 g/mol. The Morgan fingerprint density at radius 3 is 2.20 bits per heavy atom. The number of esters is 1. The van der Waals surface area contributed by atoms with Gasteiger partial charge >= 0.3 is 5.97 Å². The number of carbonyl (C=O) groups excluding carboxylic acids is 1. The van der Waals surface area contributed by atoms with Crippen LogP contribution < -0.4 is 0 Å². The van der Waals surface area contributed by atoms with Gasteiger partial charge in [0.1, 0.15) is 5.82 Å². The molecule has 1 aromatic heterocycles. The summed E-state index contributed by atoms with van der Waals surface area (Å²) < 4.78 is 4.81. The largest absolute Gasteiger partial charge is 0.465 e. The zero-order chi connectivity index (χ0) is 22.5. The van der Waals surface area contributed by atoms with E-state index in [1.165, 1.54) is 7.11 Å². The van der Waals surface area contributed by atoms with E-state index in [9.17, 15) is 9.90 Å². The molecule has 1 heterocycles. The Kier molecular flexibility index (Phi) is 7.75. The zero-order valence-electron chi connectivity index (χ0n) is 19.5. The summed E-state index contributed by atoms with van der Waals surface area (Å²) >= 11 is 0. The van der Waals surface area contributed by atoms with Crippen LogP contribution in [-0.2, 0) is 16.6 Å². The molecule has 1 aromatic carbocycles. The van der Waals surface area contributed by atoms with E-state index in [4.69, 9.17) is 14.7 Å². The highest BCUT2D eigenvalue weighted by molar-refractivity contribution is 5.89. The fourth-order valence-electron chi connectivity index (χ4n) is 3.84. The lowest BCUT2D eigenvalue weighted by atomic mass is 9.74. The lowest BCUT2D eigenvalue weighted by molar-refractivity contribution is 0.0559.